The highest BCUT2D eigenvalue weighted by Gasteiger charge is 2.14. The van der Waals surface area contributed by atoms with Gasteiger partial charge in [-0.2, -0.15) is 0 Å². The van der Waals surface area contributed by atoms with E-state index in [9.17, 15) is 0 Å². The van der Waals surface area contributed by atoms with Crippen molar-refractivity contribution in [1.29, 1.82) is 0 Å². The van der Waals surface area contributed by atoms with E-state index in [0.29, 0.717) is 21.1 Å². The van der Waals surface area contributed by atoms with Gasteiger partial charge in [0.15, 0.2) is 5.82 Å². The molecule has 0 saturated carbocycles. The summed E-state index contributed by atoms with van der Waals surface area (Å²) in [6.45, 7) is 2.00. The van der Waals surface area contributed by atoms with Gasteiger partial charge < -0.3 is 0 Å². The molecule has 0 atom stereocenters. The molecule has 0 aliphatic heterocycles. The third-order valence-electron chi connectivity index (χ3n) is 3.00. The lowest BCUT2D eigenvalue weighted by Crippen LogP contribution is -1.97. The van der Waals surface area contributed by atoms with E-state index in [2.05, 4.69) is 30.9 Å². The largest absolute Gasteiger partial charge is 0.253 e. The van der Waals surface area contributed by atoms with Gasteiger partial charge in [-0.1, -0.05) is 41.9 Å². The fourth-order valence-corrected chi connectivity index (χ4v) is 2.56. The summed E-state index contributed by atoms with van der Waals surface area (Å²) in [4.78, 5) is 13.2. The van der Waals surface area contributed by atoms with E-state index < -0.39 is 0 Å². The molecule has 0 saturated heterocycles. The quantitative estimate of drug-likeness (QED) is 0.608. The number of hydrogen-bond acceptors (Lipinski definition) is 3. The molecule has 3 nitrogen and oxygen atoms in total. The van der Waals surface area contributed by atoms with E-state index >= 15 is 0 Å². The van der Waals surface area contributed by atoms with Crippen LogP contribution in [0.5, 0.6) is 0 Å². The van der Waals surface area contributed by atoms with Gasteiger partial charge >= 0.3 is 0 Å². The van der Waals surface area contributed by atoms with Crippen molar-refractivity contribution in [3.63, 3.8) is 0 Å². The zero-order chi connectivity index (χ0) is 14.8. The molecule has 0 spiro atoms. The summed E-state index contributed by atoms with van der Waals surface area (Å²) in [5.74, 6) is 0.519. The standard InChI is InChI=1S/C16H11BrClN3/c1-10-7-8-19-12(9-10)16-20-14(13(17)15(18)21-16)11-5-3-2-4-6-11/h2-9H,1H3. The lowest BCUT2D eigenvalue weighted by Gasteiger charge is -2.08. The summed E-state index contributed by atoms with van der Waals surface area (Å²) in [5, 5.41) is 0.377. The number of aromatic nitrogens is 3. The van der Waals surface area contributed by atoms with E-state index in [1.54, 1.807) is 6.20 Å². The van der Waals surface area contributed by atoms with Gasteiger partial charge in [-0.25, -0.2) is 9.97 Å². The average molecular weight is 361 g/mol. The van der Waals surface area contributed by atoms with Gasteiger partial charge in [0, 0.05) is 11.8 Å². The first kappa shape index (κ1) is 14.2. The van der Waals surface area contributed by atoms with Gasteiger partial charge in [-0.3, -0.25) is 4.98 Å². The van der Waals surface area contributed by atoms with Crippen LogP contribution in [0.1, 0.15) is 5.56 Å². The molecular formula is C16H11BrClN3. The van der Waals surface area contributed by atoms with Crippen LogP contribution in [0.3, 0.4) is 0 Å². The lowest BCUT2D eigenvalue weighted by molar-refractivity contribution is 1.13. The predicted molar refractivity (Wildman–Crippen MR) is 88.1 cm³/mol. The molecule has 0 N–H and O–H groups in total. The first-order chi connectivity index (χ1) is 10.1. The van der Waals surface area contributed by atoms with Crippen molar-refractivity contribution in [2.24, 2.45) is 0 Å². The second-order valence-electron chi connectivity index (χ2n) is 4.59. The Morgan fingerprint density at radius 2 is 1.81 bits per heavy atom. The van der Waals surface area contributed by atoms with E-state index in [1.807, 2.05) is 49.4 Å². The van der Waals surface area contributed by atoms with Crippen LogP contribution in [0.4, 0.5) is 0 Å². The SMILES string of the molecule is Cc1ccnc(-c2nc(Cl)c(Br)c(-c3ccccc3)n2)c1. The molecular weight excluding hydrogens is 350 g/mol. The van der Waals surface area contributed by atoms with Crippen molar-refractivity contribution >= 4 is 27.5 Å². The Kier molecular flexibility index (Phi) is 3.99. The maximum atomic E-state index is 6.23. The number of hydrogen-bond donors (Lipinski definition) is 0. The molecule has 3 rings (SSSR count). The van der Waals surface area contributed by atoms with Gasteiger partial charge in [0.05, 0.1) is 10.2 Å². The van der Waals surface area contributed by atoms with Crippen molar-refractivity contribution in [3.8, 4) is 22.8 Å². The molecule has 5 heteroatoms. The van der Waals surface area contributed by atoms with Crippen molar-refractivity contribution in [2.45, 2.75) is 6.92 Å². The molecule has 0 fully saturated rings. The molecule has 104 valence electrons. The Balaban J connectivity index is 2.19. The van der Waals surface area contributed by atoms with Crippen LogP contribution in [-0.4, -0.2) is 15.0 Å². The first-order valence-electron chi connectivity index (χ1n) is 6.36. The molecule has 0 unspecified atom stereocenters. The minimum absolute atomic E-state index is 0.377. The first-order valence-corrected chi connectivity index (χ1v) is 7.54. The fourth-order valence-electron chi connectivity index (χ4n) is 1.98. The van der Waals surface area contributed by atoms with Gasteiger partial charge in [0.2, 0.25) is 0 Å². The topological polar surface area (TPSA) is 38.7 Å². The van der Waals surface area contributed by atoms with Gasteiger partial charge in [-0.05, 0) is 40.5 Å². The van der Waals surface area contributed by atoms with Gasteiger partial charge in [0.1, 0.15) is 10.8 Å². The van der Waals surface area contributed by atoms with Crippen LogP contribution in [-0.2, 0) is 0 Å². The van der Waals surface area contributed by atoms with Crippen molar-refractivity contribution in [2.75, 3.05) is 0 Å². The Morgan fingerprint density at radius 1 is 1.05 bits per heavy atom. The molecule has 0 aliphatic carbocycles. The molecule has 0 amide bonds. The number of halogens is 2. The molecule has 0 bridgehead atoms. The van der Waals surface area contributed by atoms with Crippen LogP contribution < -0.4 is 0 Å². The van der Waals surface area contributed by atoms with Crippen molar-refractivity contribution < 1.29 is 0 Å². The maximum Gasteiger partial charge on any atom is 0.180 e. The van der Waals surface area contributed by atoms with Crippen LogP contribution >= 0.6 is 27.5 Å². The third-order valence-corrected chi connectivity index (χ3v) is 4.26. The fraction of sp³-hybridized carbons (Fsp3) is 0.0625. The monoisotopic (exact) mass is 359 g/mol. The highest BCUT2D eigenvalue weighted by molar-refractivity contribution is 9.10. The van der Waals surface area contributed by atoms with E-state index in [1.165, 1.54) is 0 Å². The minimum atomic E-state index is 0.377. The molecule has 2 heterocycles. The smallest absolute Gasteiger partial charge is 0.180 e. The second kappa shape index (κ2) is 5.92. The highest BCUT2D eigenvalue weighted by Crippen LogP contribution is 2.33. The van der Waals surface area contributed by atoms with E-state index in [4.69, 9.17) is 11.6 Å². The maximum absolute atomic E-state index is 6.23. The van der Waals surface area contributed by atoms with Crippen molar-refractivity contribution in [3.05, 3.63) is 63.9 Å². The minimum Gasteiger partial charge on any atom is -0.253 e. The highest BCUT2D eigenvalue weighted by atomic mass is 79.9. The number of benzene rings is 1. The van der Waals surface area contributed by atoms with Crippen molar-refractivity contribution in [1.82, 2.24) is 15.0 Å². The van der Waals surface area contributed by atoms with Crippen LogP contribution in [0, 0.1) is 6.92 Å². The number of pyridine rings is 1. The number of aryl methyl sites for hydroxylation is 1. The molecule has 0 aliphatic rings. The summed E-state index contributed by atoms with van der Waals surface area (Å²) in [6.07, 6.45) is 1.74. The Morgan fingerprint density at radius 3 is 2.52 bits per heavy atom. The summed E-state index contributed by atoms with van der Waals surface area (Å²) < 4.78 is 0.687. The third kappa shape index (κ3) is 2.96. The predicted octanol–water partition coefficient (Wildman–Crippen LogP) is 4.93. The summed E-state index contributed by atoms with van der Waals surface area (Å²) >= 11 is 9.69. The van der Waals surface area contributed by atoms with E-state index in [0.717, 1.165) is 16.8 Å². The average Bonchev–Trinajstić information content (AvgIpc) is 2.51. The normalized spacial score (nSPS) is 10.6. The zero-order valence-electron chi connectivity index (χ0n) is 11.2. The zero-order valence-corrected chi connectivity index (χ0v) is 13.6. The van der Waals surface area contributed by atoms with Crippen LogP contribution in [0.15, 0.2) is 53.1 Å². The second-order valence-corrected chi connectivity index (χ2v) is 5.74. The van der Waals surface area contributed by atoms with Gasteiger partial charge in [0.25, 0.3) is 0 Å². The number of rotatable bonds is 2. The lowest BCUT2D eigenvalue weighted by atomic mass is 10.1. The molecule has 3 aromatic rings. The molecule has 0 radical (unpaired) electrons. The molecule has 1 aromatic carbocycles. The molecule has 2 aromatic heterocycles. The van der Waals surface area contributed by atoms with Crippen LogP contribution in [0.2, 0.25) is 5.15 Å². The van der Waals surface area contributed by atoms with E-state index in [-0.39, 0.29) is 0 Å². The number of nitrogens with zero attached hydrogens (tertiary/aromatic N) is 3. The van der Waals surface area contributed by atoms with Crippen LogP contribution in [0.25, 0.3) is 22.8 Å². The summed E-state index contributed by atoms with van der Waals surface area (Å²) in [5.41, 5.74) is 3.54. The Labute approximate surface area is 136 Å². The summed E-state index contributed by atoms with van der Waals surface area (Å²) in [7, 11) is 0. The Bertz CT molecular complexity index is 791. The Hall–Kier alpha value is -1.78. The molecule has 21 heavy (non-hydrogen) atoms. The summed E-state index contributed by atoms with van der Waals surface area (Å²) in [6, 6.07) is 13.7. The van der Waals surface area contributed by atoms with Gasteiger partial charge in [-0.15, -0.1) is 0 Å².